The molecule has 3 amide bonds. The smallest absolute Gasteiger partial charge is 0.240 e. The molecule has 7 atom stereocenters. The van der Waals surface area contributed by atoms with Crippen LogP contribution >= 0.6 is 0 Å². The number of carbonyl (C=O) groups excluding carboxylic acids is 3. The van der Waals surface area contributed by atoms with Gasteiger partial charge in [0, 0.05) is 52.2 Å². The van der Waals surface area contributed by atoms with Crippen molar-refractivity contribution in [2.24, 2.45) is 0 Å². The third-order valence-corrected chi connectivity index (χ3v) is 7.99. The average molecular weight is 553 g/mol. The number of aliphatic hydroxyl groups excluding tert-OH is 2. The highest BCUT2D eigenvalue weighted by Crippen LogP contribution is 2.28. The Morgan fingerprint density at radius 1 is 1.08 bits per heavy atom. The lowest BCUT2D eigenvalue weighted by molar-refractivity contribution is -0.146. The van der Waals surface area contributed by atoms with E-state index < -0.39 is 60.1 Å². The number of ether oxygens (including phenoxy) is 2. The molecule has 3 N–H and O–H groups in total. The molecule has 4 heterocycles. The number of fused-ring (bicyclic) bond motifs is 6. The van der Waals surface area contributed by atoms with Gasteiger partial charge in [0.2, 0.25) is 17.7 Å². The fraction of sp³-hybridized carbons (Fsp3) is 0.654. The van der Waals surface area contributed by atoms with Crippen molar-refractivity contribution in [1.82, 2.24) is 20.0 Å². The normalized spacial score (nSPS) is 34.3. The first-order valence-electron chi connectivity index (χ1n) is 13.2. The van der Waals surface area contributed by atoms with Crippen molar-refractivity contribution in [3.05, 3.63) is 35.4 Å². The molecule has 0 aromatic heterocycles. The summed E-state index contributed by atoms with van der Waals surface area (Å²) in [5, 5.41) is 24.0. The molecule has 0 unspecified atom stereocenters. The van der Waals surface area contributed by atoms with E-state index in [1.165, 1.54) is 17.9 Å². The molecular formula is C26H34F2N4O7. The minimum Gasteiger partial charge on any atom is -0.388 e. The summed E-state index contributed by atoms with van der Waals surface area (Å²) in [5.74, 6) is -2.81. The van der Waals surface area contributed by atoms with Gasteiger partial charge in [0.15, 0.2) is 11.6 Å². The Hall–Kier alpha value is -2.71. The van der Waals surface area contributed by atoms with Gasteiger partial charge in [-0.3, -0.25) is 19.3 Å². The van der Waals surface area contributed by atoms with E-state index in [0.717, 1.165) is 12.1 Å². The Morgan fingerprint density at radius 3 is 2.59 bits per heavy atom. The molecule has 1 aromatic rings. The maximum absolute atomic E-state index is 13.9. The monoisotopic (exact) mass is 552 g/mol. The molecule has 4 fully saturated rings. The van der Waals surface area contributed by atoms with Gasteiger partial charge in [0.1, 0.15) is 18.3 Å². The summed E-state index contributed by atoms with van der Waals surface area (Å²) in [7, 11) is 0. The van der Waals surface area contributed by atoms with Crippen LogP contribution in [0.4, 0.5) is 8.78 Å². The van der Waals surface area contributed by atoms with E-state index in [-0.39, 0.29) is 51.0 Å². The first kappa shape index (κ1) is 27.8. The molecule has 0 saturated carbocycles. The summed E-state index contributed by atoms with van der Waals surface area (Å²) >= 11 is 0. The molecular weight excluding hydrogens is 518 g/mol. The molecule has 0 aliphatic carbocycles. The number of hydrogen-bond donors (Lipinski definition) is 3. The third-order valence-electron chi connectivity index (χ3n) is 7.99. The first-order chi connectivity index (χ1) is 18.6. The molecule has 1 aromatic carbocycles. The first-order valence-corrected chi connectivity index (χ1v) is 13.2. The summed E-state index contributed by atoms with van der Waals surface area (Å²) in [6.45, 7) is 2.83. The number of carbonyl (C=O) groups is 3. The van der Waals surface area contributed by atoms with Gasteiger partial charge in [-0.05, 0) is 24.1 Å². The third kappa shape index (κ3) is 6.07. The Kier molecular flexibility index (Phi) is 8.15. The lowest BCUT2D eigenvalue weighted by Gasteiger charge is -2.38. The second-order valence-electron chi connectivity index (χ2n) is 10.8. The van der Waals surface area contributed by atoms with Crippen molar-refractivity contribution < 1.29 is 42.9 Å². The van der Waals surface area contributed by atoms with Crippen molar-refractivity contribution in [2.45, 2.75) is 68.9 Å². The molecule has 11 nitrogen and oxygen atoms in total. The van der Waals surface area contributed by atoms with Crippen LogP contribution in [0.15, 0.2) is 18.2 Å². The minimum absolute atomic E-state index is 0.00720. The van der Waals surface area contributed by atoms with Crippen LogP contribution < -0.4 is 5.32 Å². The predicted molar refractivity (Wildman–Crippen MR) is 131 cm³/mol. The van der Waals surface area contributed by atoms with Crippen LogP contribution in [0.25, 0.3) is 0 Å². The van der Waals surface area contributed by atoms with Crippen molar-refractivity contribution >= 4 is 17.7 Å². The molecule has 4 saturated heterocycles. The van der Waals surface area contributed by atoms with Crippen molar-refractivity contribution in [3.63, 3.8) is 0 Å². The Balaban J connectivity index is 1.41. The number of rotatable bonds is 2. The lowest BCUT2D eigenvalue weighted by atomic mass is 10.0. The van der Waals surface area contributed by atoms with Crippen molar-refractivity contribution in [1.29, 1.82) is 0 Å². The zero-order chi connectivity index (χ0) is 27.8. The number of morpholine rings is 1. The Morgan fingerprint density at radius 2 is 1.85 bits per heavy atom. The quantitative estimate of drug-likeness (QED) is 0.426. The minimum atomic E-state index is -1.31. The standard InChI is InChI=1S/C26H34F2N4O7/c1-14(33)31-12-17-11-30(4-5-38-17)26(37)20-7-16(10-32(20)9-15-2-3-18(27)19(28)6-15)29-23(34)8-21-24(35)25(36)22(13-31)39-21/h2-3,6,16-17,20-22,24-25,35-36H,4-5,7-13H2,1H3,(H,29,34)/t16-,17-,20-,21-,22+,24-,25+/m0/s1. The largest absolute Gasteiger partial charge is 0.388 e. The summed E-state index contributed by atoms with van der Waals surface area (Å²) in [4.78, 5) is 44.0. The highest BCUT2D eigenvalue weighted by molar-refractivity contribution is 5.83. The number of benzene rings is 1. The number of nitrogens with one attached hydrogen (secondary N) is 1. The average Bonchev–Trinajstić information content (AvgIpc) is 3.40. The Bertz CT molecular complexity index is 1110. The molecule has 4 aliphatic rings. The zero-order valence-corrected chi connectivity index (χ0v) is 21.7. The van der Waals surface area contributed by atoms with E-state index in [1.54, 1.807) is 4.90 Å². The van der Waals surface area contributed by atoms with E-state index in [4.69, 9.17) is 9.47 Å². The molecule has 214 valence electrons. The van der Waals surface area contributed by atoms with Crippen LogP contribution in [-0.4, -0.2) is 125 Å². The lowest BCUT2D eigenvalue weighted by Crippen LogP contribution is -2.55. The number of nitrogens with zero attached hydrogens (tertiary/aromatic N) is 3. The molecule has 0 radical (unpaired) electrons. The number of amides is 3. The fourth-order valence-corrected chi connectivity index (χ4v) is 5.96. The van der Waals surface area contributed by atoms with E-state index in [9.17, 15) is 33.4 Å². The number of likely N-dealkylation sites (tertiary alicyclic amines) is 1. The molecule has 13 heteroatoms. The summed E-state index contributed by atoms with van der Waals surface area (Å²) in [6.07, 6.45) is -4.85. The number of aliphatic hydroxyl groups is 2. The van der Waals surface area contributed by atoms with E-state index in [0.29, 0.717) is 25.1 Å². The van der Waals surface area contributed by atoms with Crippen LogP contribution in [0.2, 0.25) is 0 Å². The molecule has 4 aliphatic heterocycles. The van der Waals surface area contributed by atoms with Crippen LogP contribution in [0.5, 0.6) is 0 Å². The maximum atomic E-state index is 13.9. The van der Waals surface area contributed by atoms with Gasteiger partial charge in [-0.15, -0.1) is 0 Å². The topological polar surface area (TPSA) is 132 Å². The van der Waals surface area contributed by atoms with E-state index in [1.807, 2.05) is 4.90 Å². The summed E-state index contributed by atoms with van der Waals surface area (Å²) in [5.41, 5.74) is 0.490. The second-order valence-corrected chi connectivity index (χ2v) is 10.8. The maximum Gasteiger partial charge on any atom is 0.240 e. The predicted octanol–water partition coefficient (Wildman–Crippen LogP) is -1.01. The van der Waals surface area contributed by atoms with Crippen LogP contribution in [0, 0.1) is 11.6 Å². The van der Waals surface area contributed by atoms with Gasteiger partial charge in [0.25, 0.3) is 0 Å². The van der Waals surface area contributed by atoms with E-state index in [2.05, 4.69) is 5.32 Å². The highest BCUT2D eigenvalue weighted by atomic mass is 19.2. The highest BCUT2D eigenvalue weighted by Gasteiger charge is 2.46. The van der Waals surface area contributed by atoms with E-state index >= 15 is 0 Å². The second kappa shape index (κ2) is 11.4. The van der Waals surface area contributed by atoms with Gasteiger partial charge in [0.05, 0.1) is 31.3 Å². The molecule has 39 heavy (non-hydrogen) atoms. The summed E-state index contributed by atoms with van der Waals surface area (Å²) < 4.78 is 39.1. The van der Waals surface area contributed by atoms with Gasteiger partial charge < -0.3 is 34.8 Å². The molecule has 5 rings (SSSR count). The van der Waals surface area contributed by atoms with Crippen molar-refractivity contribution in [2.75, 3.05) is 39.3 Å². The zero-order valence-electron chi connectivity index (χ0n) is 21.7. The SMILES string of the molecule is CC(=O)N1C[C@@H]2CN(CCO2)C(=O)[C@@H]2C[C@@H](CN2Cc2ccc(F)c(F)c2)NC(=O)C[C@@H]2O[C@H](C1)[C@@H](O)[C@H]2O. The van der Waals surface area contributed by atoms with Gasteiger partial charge in [-0.1, -0.05) is 6.07 Å². The number of halogens is 2. The Labute approximate surface area is 224 Å². The van der Waals surface area contributed by atoms with Gasteiger partial charge in [-0.25, -0.2) is 8.78 Å². The van der Waals surface area contributed by atoms with Crippen LogP contribution in [0.3, 0.4) is 0 Å². The van der Waals surface area contributed by atoms with Gasteiger partial charge in [-0.2, -0.15) is 0 Å². The molecule has 0 spiro atoms. The van der Waals surface area contributed by atoms with Gasteiger partial charge >= 0.3 is 0 Å². The molecule has 6 bridgehead atoms. The number of hydrogen-bond acceptors (Lipinski definition) is 8. The van der Waals surface area contributed by atoms with Crippen LogP contribution in [-0.2, 0) is 30.4 Å². The summed E-state index contributed by atoms with van der Waals surface area (Å²) in [6, 6.07) is 2.57. The van der Waals surface area contributed by atoms with Crippen molar-refractivity contribution in [3.8, 4) is 0 Å². The van der Waals surface area contributed by atoms with Crippen LogP contribution in [0.1, 0.15) is 25.3 Å². The fourth-order valence-electron chi connectivity index (χ4n) is 5.96.